The van der Waals surface area contributed by atoms with Crippen LogP contribution >= 0.6 is 11.6 Å². The Balaban J connectivity index is 1.42. The molecule has 34 heavy (non-hydrogen) atoms. The van der Waals surface area contributed by atoms with E-state index in [1.165, 1.54) is 4.90 Å². The Morgan fingerprint density at radius 1 is 1.00 bits per heavy atom. The molecule has 3 fully saturated rings. The molecule has 4 heterocycles. The quantitative estimate of drug-likeness (QED) is 0.539. The maximum Gasteiger partial charge on any atom is 0.250 e. The summed E-state index contributed by atoms with van der Waals surface area (Å²) in [6.45, 7) is 2.56. The molecule has 4 aliphatic rings. The van der Waals surface area contributed by atoms with Crippen LogP contribution in [0, 0.1) is 18.8 Å². The molecule has 1 spiro atoms. The minimum atomic E-state index is -1.19. The molecule has 6 nitrogen and oxygen atoms in total. The van der Waals surface area contributed by atoms with Crippen LogP contribution in [-0.2, 0) is 19.9 Å². The third-order valence-corrected chi connectivity index (χ3v) is 8.76. The molecular formula is C27H22ClN3O3. The summed E-state index contributed by atoms with van der Waals surface area (Å²) in [5.74, 6) is -2.04. The molecule has 3 aromatic carbocycles. The Kier molecular flexibility index (Phi) is 3.96. The fourth-order valence-electron chi connectivity index (χ4n) is 6.96. The highest BCUT2D eigenvalue weighted by Gasteiger charge is 2.74. The lowest BCUT2D eigenvalue weighted by Gasteiger charge is -2.36. The predicted octanol–water partition coefficient (Wildman–Crippen LogP) is 4.23. The maximum absolute atomic E-state index is 14.1. The van der Waals surface area contributed by atoms with Gasteiger partial charge in [0.15, 0.2) is 0 Å². The zero-order chi connectivity index (χ0) is 23.4. The van der Waals surface area contributed by atoms with Crippen LogP contribution in [0.2, 0.25) is 5.02 Å². The number of imide groups is 1. The smallest absolute Gasteiger partial charge is 0.250 e. The van der Waals surface area contributed by atoms with E-state index in [9.17, 15) is 14.4 Å². The van der Waals surface area contributed by atoms with Crippen LogP contribution < -0.4 is 10.2 Å². The van der Waals surface area contributed by atoms with Gasteiger partial charge in [-0.2, -0.15) is 0 Å². The Hall–Kier alpha value is -3.22. The number of hydrogen-bond acceptors (Lipinski definition) is 4. The van der Waals surface area contributed by atoms with Gasteiger partial charge >= 0.3 is 0 Å². The number of carbonyl (C=O) groups excluding carboxylic acids is 3. The molecule has 7 rings (SSSR count). The van der Waals surface area contributed by atoms with Crippen LogP contribution in [-0.4, -0.2) is 35.2 Å². The number of carbonyl (C=O) groups is 3. The Morgan fingerprint density at radius 3 is 2.62 bits per heavy atom. The van der Waals surface area contributed by atoms with Crippen LogP contribution in [0.25, 0.3) is 10.8 Å². The Labute approximate surface area is 201 Å². The van der Waals surface area contributed by atoms with E-state index in [1.54, 1.807) is 6.07 Å². The zero-order valence-electron chi connectivity index (χ0n) is 18.5. The average Bonchev–Trinajstić information content (AvgIpc) is 3.55. The van der Waals surface area contributed by atoms with Crippen LogP contribution in [0.4, 0.5) is 11.4 Å². The van der Waals surface area contributed by atoms with Crippen LogP contribution in [0.15, 0.2) is 54.6 Å². The molecular weight excluding hydrogens is 450 g/mol. The lowest BCUT2D eigenvalue weighted by atomic mass is 9.75. The lowest BCUT2D eigenvalue weighted by Crippen LogP contribution is -2.54. The summed E-state index contributed by atoms with van der Waals surface area (Å²) in [7, 11) is 0. The standard InChI is InChI=1S/C27H22ClN3O3/c1-14-19(28)11-10-18-23(14)29-26(34)27(18)22-21(20-7-4-12-30(20)27)24(32)31(25(22)33)17-9-8-15-5-2-3-6-16(15)13-17/h2-3,5-6,8-11,13,20-22H,4,7,12H2,1H3,(H,29,34). The van der Waals surface area contributed by atoms with Gasteiger partial charge in [0.25, 0.3) is 0 Å². The summed E-state index contributed by atoms with van der Waals surface area (Å²) in [5, 5.41) is 5.60. The first-order chi connectivity index (χ1) is 16.4. The highest BCUT2D eigenvalue weighted by molar-refractivity contribution is 6.32. The highest BCUT2D eigenvalue weighted by Crippen LogP contribution is 2.61. The minimum absolute atomic E-state index is 0.139. The Bertz CT molecular complexity index is 1450. The van der Waals surface area contributed by atoms with Gasteiger partial charge in [-0.25, -0.2) is 4.90 Å². The Morgan fingerprint density at radius 2 is 1.79 bits per heavy atom. The van der Waals surface area contributed by atoms with Crippen molar-refractivity contribution in [2.24, 2.45) is 11.8 Å². The number of amides is 3. The molecule has 4 atom stereocenters. The highest BCUT2D eigenvalue weighted by atomic mass is 35.5. The number of nitrogens with zero attached hydrogens (tertiary/aromatic N) is 2. The molecule has 0 saturated carbocycles. The topological polar surface area (TPSA) is 69.7 Å². The second kappa shape index (κ2) is 6.68. The number of anilines is 2. The molecule has 0 radical (unpaired) electrons. The van der Waals surface area contributed by atoms with Crippen LogP contribution in [0.5, 0.6) is 0 Å². The van der Waals surface area contributed by atoms with Crippen molar-refractivity contribution in [1.29, 1.82) is 0 Å². The number of rotatable bonds is 1. The van der Waals surface area contributed by atoms with Crippen LogP contribution in [0.3, 0.4) is 0 Å². The molecule has 3 amide bonds. The first-order valence-corrected chi connectivity index (χ1v) is 12.1. The van der Waals surface area contributed by atoms with E-state index < -0.39 is 17.4 Å². The second-order valence-electron chi connectivity index (χ2n) is 9.77. The molecule has 3 aromatic rings. The van der Waals surface area contributed by atoms with E-state index >= 15 is 0 Å². The van der Waals surface area contributed by atoms with Crippen molar-refractivity contribution in [1.82, 2.24) is 4.90 Å². The molecule has 3 saturated heterocycles. The fraction of sp³-hybridized carbons (Fsp3) is 0.296. The molecule has 4 aliphatic heterocycles. The first kappa shape index (κ1) is 20.2. The lowest BCUT2D eigenvalue weighted by molar-refractivity contribution is -0.135. The summed E-state index contributed by atoms with van der Waals surface area (Å²) < 4.78 is 0. The van der Waals surface area contributed by atoms with Crippen molar-refractivity contribution in [2.45, 2.75) is 31.3 Å². The monoisotopic (exact) mass is 471 g/mol. The number of hydrogen-bond donors (Lipinski definition) is 1. The molecule has 1 N–H and O–H groups in total. The zero-order valence-corrected chi connectivity index (χ0v) is 19.3. The van der Waals surface area contributed by atoms with Gasteiger partial charge in [0, 0.05) is 16.6 Å². The summed E-state index contributed by atoms with van der Waals surface area (Å²) in [6, 6.07) is 17.0. The van der Waals surface area contributed by atoms with Gasteiger partial charge in [0.2, 0.25) is 17.7 Å². The van der Waals surface area contributed by atoms with Gasteiger partial charge < -0.3 is 5.32 Å². The third kappa shape index (κ3) is 2.23. The molecule has 0 aromatic heterocycles. The summed E-state index contributed by atoms with van der Waals surface area (Å²) in [6.07, 6.45) is 1.69. The molecule has 7 heteroatoms. The number of fused-ring (bicyclic) bond motifs is 8. The normalized spacial score (nSPS) is 29.8. The van der Waals surface area contributed by atoms with Crippen molar-refractivity contribution in [2.75, 3.05) is 16.8 Å². The fourth-order valence-corrected chi connectivity index (χ4v) is 7.12. The van der Waals surface area contributed by atoms with Crippen molar-refractivity contribution >= 4 is 51.5 Å². The minimum Gasteiger partial charge on any atom is -0.324 e. The van der Waals surface area contributed by atoms with Gasteiger partial charge in [-0.05, 0) is 60.8 Å². The molecule has 170 valence electrons. The van der Waals surface area contributed by atoms with E-state index in [2.05, 4.69) is 10.2 Å². The van der Waals surface area contributed by atoms with Crippen molar-refractivity contribution in [3.63, 3.8) is 0 Å². The number of benzene rings is 3. The van der Waals surface area contributed by atoms with E-state index in [0.29, 0.717) is 22.9 Å². The van der Waals surface area contributed by atoms with Crippen molar-refractivity contribution in [3.8, 4) is 0 Å². The SMILES string of the molecule is Cc1c(Cl)ccc2c1NC(=O)C21C2C(=O)N(c3ccc4ccccc4c3)C(=O)C2C2CCCN21. The maximum atomic E-state index is 14.1. The second-order valence-corrected chi connectivity index (χ2v) is 10.2. The summed E-state index contributed by atoms with van der Waals surface area (Å²) in [5.41, 5.74) is 1.60. The first-order valence-electron chi connectivity index (χ1n) is 11.7. The van der Waals surface area contributed by atoms with Gasteiger partial charge in [-0.3, -0.25) is 19.3 Å². The number of halogens is 1. The third-order valence-electron chi connectivity index (χ3n) is 8.35. The van der Waals surface area contributed by atoms with E-state index in [1.807, 2.05) is 55.5 Å². The largest absolute Gasteiger partial charge is 0.324 e. The van der Waals surface area contributed by atoms with Crippen molar-refractivity contribution in [3.05, 3.63) is 70.7 Å². The van der Waals surface area contributed by atoms with Crippen molar-refractivity contribution < 1.29 is 14.4 Å². The van der Waals surface area contributed by atoms with Gasteiger partial charge in [-0.1, -0.05) is 48.0 Å². The van der Waals surface area contributed by atoms with E-state index in [0.717, 1.165) is 34.7 Å². The number of nitrogens with one attached hydrogen (secondary N) is 1. The van der Waals surface area contributed by atoms with E-state index in [-0.39, 0.29) is 23.8 Å². The average molecular weight is 472 g/mol. The van der Waals surface area contributed by atoms with Gasteiger partial charge in [0.05, 0.1) is 23.2 Å². The van der Waals surface area contributed by atoms with E-state index in [4.69, 9.17) is 11.6 Å². The predicted molar refractivity (Wildman–Crippen MR) is 130 cm³/mol. The van der Waals surface area contributed by atoms with Gasteiger partial charge in [0.1, 0.15) is 5.54 Å². The van der Waals surface area contributed by atoms with Gasteiger partial charge in [-0.15, -0.1) is 0 Å². The molecule has 4 unspecified atom stereocenters. The molecule has 0 bridgehead atoms. The molecule has 0 aliphatic carbocycles. The summed E-state index contributed by atoms with van der Waals surface area (Å²) in [4.78, 5) is 45.2. The van der Waals surface area contributed by atoms with Crippen LogP contribution in [0.1, 0.15) is 24.0 Å². The summed E-state index contributed by atoms with van der Waals surface area (Å²) >= 11 is 6.37.